The van der Waals surface area contributed by atoms with Gasteiger partial charge < -0.3 is 25.6 Å². The molecule has 0 aliphatic rings. The first-order valence-electron chi connectivity index (χ1n) is 11.4. The lowest BCUT2D eigenvalue weighted by atomic mass is 9.92. The number of anilines is 1. The van der Waals surface area contributed by atoms with E-state index in [-0.39, 0.29) is 35.1 Å². The number of aromatic nitrogens is 4. The second-order valence-corrected chi connectivity index (χ2v) is 8.83. The molecule has 206 valence electrons. The van der Waals surface area contributed by atoms with E-state index in [2.05, 4.69) is 20.4 Å². The summed E-state index contributed by atoms with van der Waals surface area (Å²) in [6, 6.07) is 7.44. The maximum Gasteiger partial charge on any atom is 0.418 e. The summed E-state index contributed by atoms with van der Waals surface area (Å²) in [6.45, 7) is 1.11. The monoisotopic (exact) mass is 548 g/mol. The summed E-state index contributed by atoms with van der Waals surface area (Å²) in [4.78, 5) is 20.9. The summed E-state index contributed by atoms with van der Waals surface area (Å²) in [5, 5.41) is 17.5. The summed E-state index contributed by atoms with van der Waals surface area (Å²) in [7, 11) is 2.63. The molecule has 0 bridgehead atoms. The molecule has 3 aromatic heterocycles. The molecule has 0 aliphatic heterocycles. The fourth-order valence-electron chi connectivity index (χ4n) is 4.24. The first kappa shape index (κ1) is 27.7. The third-order valence-electron chi connectivity index (χ3n) is 6.05. The molecule has 0 saturated carbocycles. The van der Waals surface area contributed by atoms with Crippen molar-refractivity contribution in [3.63, 3.8) is 0 Å². The Bertz CT molecular complexity index is 1510. The van der Waals surface area contributed by atoms with Crippen LogP contribution >= 0.6 is 0 Å². The summed E-state index contributed by atoms with van der Waals surface area (Å²) < 4.78 is 66.1. The van der Waals surface area contributed by atoms with Gasteiger partial charge in [0.05, 0.1) is 18.4 Å². The van der Waals surface area contributed by atoms with E-state index in [1.54, 1.807) is 0 Å². The topological polar surface area (TPSA) is 137 Å². The first-order valence-corrected chi connectivity index (χ1v) is 11.4. The first-order chi connectivity index (χ1) is 18.4. The van der Waals surface area contributed by atoms with E-state index in [1.807, 2.05) is 0 Å². The Kier molecular flexibility index (Phi) is 7.44. The van der Waals surface area contributed by atoms with E-state index in [0.717, 1.165) is 16.9 Å². The van der Waals surface area contributed by atoms with Crippen LogP contribution in [0.1, 0.15) is 34.5 Å². The third kappa shape index (κ3) is 5.47. The second-order valence-electron chi connectivity index (χ2n) is 8.83. The summed E-state index contributed by atoms with van der Waals surface area (Å²) >= 11 is 0. The number of hydrogen-bond donors (Lipinski definition) is 3. The Morgan fingerprint density at radius 1 is 1.18 bits per heavy atom. The lowest BCUT2D eigenvalue weighted by molar-refractivity contribution is -0.136. The smallest absolute Gasteiger partial charge is 0.418 e. The number of carbonyl (C=O) groups is 1. The van der Waals surface area contributed by atoms with Crippen molar-refractivity contribution in [1.82, 2.24) is 24.9 Å². The number of alkyl halides is 3. The molecule has 4 aromatic rings. The predicted octanol–water partition coefficient (Wildman–Crippen LogP) is 3.41. The van der Waals surface area contributed by atoms with Crippen molar-refractivity contribution in [2.24, 2.45) is 0 Å². The molecule has 3 heterocycles. The van der Waals surface area contributed by atoms with Gasteiger partial charge in [0.25, 0.3) is 5.91 Å². The van der Waals surface area contributed by atoms with Crippen LogP contribution < -0.4 is 15.8 Å². The molecule has 39 heavy (non-hydrogen) atoms. The number of benzene rings is 1. The molecule has 1 aromatic carbocycles. The van der Waals surface area contributed by atoms with Gasteiger partial charge in [0, 0.05) is 25.4 Å². The van der Waals surface area contributed by atoms with E-state index in [0.29, 0.717) is 5.56 Å². The van der Waals surface area contributed by atoms with Crippen molar-refractivity contribution in [2.75, 3.05) is 26.5 Å². The molecule has 1 amide bonds. The van der Waals surface area contributed by atoms with Crippen molar-refractivity contribution < 1.29 is 36.9 Å². The van der Waals surface area contributed by atoms with Crippen LogP contribution in [0, 0.1) is 5.82 Å². The Hall–Kier alpha value is -4.30. The average Bonchev–Trinajstić information content (AvgIpc) is 3.30. The van der Waals surface area contributed by atoms with Gasteiger partial charge in [-0.15, -0.1) is 0 Å². The van der Waals surface area contributed by atoms with Crippen LogP contribution in [0.4, 0.5) is 23.4 Å². The van der Waals surface area contributed by atoms with Gasteiger partial charge in [0.1, 0.15) is 34.9 Å². The highest BCUT2D eigenvalue weighted by Gasteiger charge is 2.37. The number of nitrogens with two attached hydrogens (primary N) is 1. The summed E-state index contributed by atoms with van der Waals surface area (Å²) in [5.41, 5.74) is 2.99. The van der Waals surface area contributed by atoms with Crippen molar-refractivity contribution in [2.45, 2.75) is 24.8 Å². The molecular weight excluding hydrogens is 524 g/mol. The molecule has 4 rings (SSSR count). The minimum Gasteiger partial charge on any atom is -0.480 e. The molecule has 0 saturated heterocycles. The van der Waals surface area contributed by atoms with Gasteiger partial charge in [-0.25, -0.2) is 18.9 Å². The van der Waals surface area contributed by atoms with Gasteiger partial charge in [-0.3, -0.25) is 4.79 Å². The number of nitrogens with one attached hydrogen (secondary N) is 1. The number of amides is 1. The zero-order chi connectivity index (χ0) is 28.5. The normalized spacial score (nSPS) is 14.2. The number of ether oxygens (including phenoxy) is 2. The number of rotatable bonds is 8. The lowest BCUT2D eigenvalue weighted by Crippen LogP contribution is -2.45. The highest BCUT2D eigenvalue weighted by Crippen LogP contribution is 2.39. The minimum atomic E-state index is -4.75. The molecule has 0 radical (unpaired) electrons. The van der Waals surface area contributed by atoms with Gasteiger partial charge in [-0.1, -0.05) is 12.1 Å². The molecule has 1 unspecified atom stereocenters. The predicted molar refractivity (Wildman–Crippen MR) is 131 cm³/mol. The van der Waals surface area contributed by atoms with Crippen LogP contribution in [0.2, 0.25) is 0 Å². The van der Waals surface area contributed by atoms with Crippen molar-refractivity contribution in [1.29, 1.82) is 0 Å². The highest BCUT2D eigenvalue weighted by atomic mass is 19.4. The minimum absolute atomic E-state index is 0.0432. The van der Waals surface area contributed by atoms with Crippen molar-refractivity contribution in [3.05, 3.63) is 71.4 Å². The number of aliphatic hydroxyl groups is 1. The fourth-order valence-corrected chi connectivity index (χ4v) is 4.24. The zero-order valence-corrected chi connectivity index (χ0v) is 21.0. The maximum absolute atomic E-state index is 13.7. The Balaban J connectivity index is 1.67. The van der Waals surface area contributed by atoms with Gasteiger partial charge in [0.2, 0.25) is 5.88 Å². The molecule has 0 spiro atoms. The van der Waals surface area contributed by atoms with Gasteiger partial charge in [-0.05, 0) is 36.8 Å². The van der Waals surface area contributed by atoms with E-state index in [1.165, 1.54) is 57.7 Å². The van der Waals surface area contributed by atoms with Gasteiger partial charge in [0.15, 0.2) is 5.82 Å². The van der Waals surface area contributed by atoms with Crippen LogP contribution in [0.15, 0.2) is 48.9 Å². The largest absolute Gasteiger partial charge is 0.480 e. The standard InChI is InChI=1S/C25H24F4N6O4/c1-24(37,20(38-2)13-4-6-15(26)7-5-13)11-32-22(36)16-8-14(10-31-23(16)39-3)18-9-17(25(27,28)29)19-21(30)33-12-34-35(18)19/h4-10,12,20,37H,11H2,1-3H3,(H,32,36)(H2,30,33,34)/t20-,24?/m1/s1. The molecule has 0 fully saturated rings. The van der Waals surface area contributed by atoms with E-state index >= 15 is 0 Å². The average molecular weight is 548 g/mol. The summed E-state index contributed by atoms with van der Waals surface area (Å²) in [6.07, 6.45) is -3.45. The van der Waals surface area contributed by atoms with E-state index in [9.17, 15) is 27.5 Å². The lowest BCUT2D eigenvalue weighted by Gasteiger charge is -2.32. The van der Waals surface area contributed by atoms with Crippen LogP contribution in [0.3, 0.4) is 0 Å². The van der Waals surface area contributed by atoms with Crippen LogP contribution in [-0.2, 0) is 10.9 Å². The number of halogens is 4. The van der Waals surface area contributed by atoms with Gasteiger partial charge >= 0.3 is 6.18 Å². The number of carbonyl (C=O) groups excluding carboxylic acids is 1. The van der Waals surface area contributed by atoms with Gasteiger partial charge in [-0.2, -0.15) is 18.3 Å². The third-order valence-corrected chi connectivity index (χ3v) is 6.05. The SMILES string of the molecule is COc1ncc(-c2cc(C(F)(F)F)c3c(N)ncnn23)cc1C(=O)NCC(C)(O)[C@H](OC)c1ccc(F)cc1. The molecule has 4 N–H and O–H groups in total. The van der Waals surface area contributed by atoms with Crippen LogP contribution in [-0.4, -0.2) is 57.0 Å². The van der Waals surface area contributed by atoms with Crippen molar-refractivity contribution in [3.8, 4) is 17.1 Å². The molecule has 10 nitrogen and oxygen atoms in total. The number of nitrogen functional groups attached to an aromatic ring is 1. The molecular formula is C25H24F4N6O4. The highest BCUT2D eigenvalue weighted by molar-refractivity contribution is 5.97. The Morgan fingerprint density at radius 3 is 2.49 bits per heavy atom. The fraction of sp³-hybridized carbons (Fsp3) is 0.280. The van der Waals surface area contributed by atoms with E-state index < -0.39 is 40.7 Å². The number of methoxy groups -OCH3 is 2. The van der Waals surface area contributed by atoms with Crippen LogP contribution in [0.25, 0.3) is 16.8 Å². The van der Waals surface area contributed by atoms with E-state index in [4.69, 9.17) is 15.2 Å². The zero-order valence-electron chi connectivity index (χ0n) is 21.0. The number of hydrogen-bond acceptors (Lipinski definition) is 8. The molecule has 0 aliphatic carbocycles. The molecule has 14 heteroatoms. The number of fused-ring (bicyclic) bond motifs is 1. The number of pyridine rings is 1. The van der Waals surface area contributed by atoms with Crippen molar-refractivity contribution >= 4 is 17.2 Å². The number of nitrogens with zero attached hydrogens (tertiary/aromatic N) is 4. The Morgan fingerprint density at radius 2 is 1.87 bits per heavy atom. The van der Waals surface area contributed by atoms with Crippen LogP contribution in [0.5, 0.6) is 5.88 Å². The maximum atomic E-state index is 13.7. The quantitative estimate of drug-likeness (QED) is 0.285. The molecule has 2 atom stereocenters. The second kappa shape index (κ2) is 10.5. The summed E-state index contributed by atoms with van der Waals surface area (Å²) in [5.74, 6) is -1.68. The Labute approximate surface area is 219 Å².